The molecule has 7 nitrogen and oxygen atoms in total. The maximum absolute atomic E-state index is 13.0. The second-order valence-electron chi connectivity index (χ2n) is 6.88. The van der Waals surface area contributed by atoms with Crippen LogP contribution in [-0.4, -0.2) is 32.3 Å². The summed E-state index contributed by atoms with van der Waals surface area (Å²) in [7, 11) is 0. The van der Waals surface area contributed by atoms with Crippen molar-refractivity contribution in [3.05, 3.63) is 81.4 Å². The Kier molecular flexibility index (Phi) is 4.77. The molecule has 8 heteroatoms. The number of aryl methyl sites for hydroxylation is 1. The maximum Gasteiger partial charge on any atom is 0.345 e. The number of halogens is 1. The van der Waals surface area contributed by atoms with Crippen LogP contribution in [0.15, 0.2) is 45.7 Å². The van der Waals surface area contributed by atoms with Gasteiger partial charge < -0.3 is 14.3 Å². The Morgan fingerprint density at radius 1 is 1.36 bits per heavy atom. The van der Waals surface area contributed by atoms with Crippen LogP contribution in [0.4, 0.5) is 4.39 Å². The number of hydrogen-bond acceptors (Lipinski definition) is 5. The highest BCUT2D eigenvalue weighted by Gasteiger charge is 2.34. The lowest BCUT2D eigenvalue weighted by molar-refractivity contribution is 0.0708. The molecule has 3 aromatic rings. The second-order valence-corrected chi connectivity index (χ2v) is 6.88. The molecule has 4 rings (SSSR count). The van der Waals surface area contributed by atoms with Gasteiger partial charge in [0.1, 0.15) is 23.3 Å². The quantitative estimate of drug-likeness (QED) is 0.749. The average molecular weight is 382 g/mol. The number of amides is 1. The van der Waals surface area contributed by atoms with E-state index in [0.29, 0.717) is 30.3 Å². The molecular formula is C20H19FN4O3. The third kappa shape index (κ3) is 3.71. The van der Waals surface area contributed by atoms with Crippen LogP contribution in [0.3, 0.4) is 0 Å². The molecule has 3 heterocycles. The van der Waals surface area contributed by atoms with Crippen molar-refractivity contribution in [2.24, 2.45) is 0 Å². The summed E-state index contributed by atoms with van der Waals surface area (Å²) in [4.78, 5) is 36.8. The number of aromatic amines is 1. The summed E-state index contributed by atoms with van der Waals surface area (Å²) >= 11 is 0. The van der Waals surface area contributed by atoms with Crippen LogP contribution in [0.5, 0.6) is 0 Å². The third-order valence-electron chi connectivity index (χ3n) is 4.76. The largest absolute Gasteiger partial charge is 0.443 e. The van der Waals surface area contributed by atoms with Crippen molar-refractivity contribution in [2.75, 3.05) is 6.54 Å². The molecule has 1 aliphatic heterocycles. The van der Waals surface area contributed by atoms with Gasteiger partial charge in [0.2, 0.25) is 5.89 Å². The molecule has 0 aliphatic carbocycles. The third-order valence-corrected chi connectivity index (χ3v) is 4.76. The fraction of sp³-hybridized carbons (Fsp3) is 0.300. The molecule has 0 bridgehead atoms. The topological polar surface area (TPSA) is 92.1 Å². The minimum atomic E-state index is -0.545. The van der Waals surface area contributed by atoms with Gasteiger partial charge in [-0.05, 0) is 43.5 Å². The van der Waals surface area contributed by atoms with Crippen LogP contribution < -0.4 is 5.69 Å². The van der Waals surface area contributed by atoms with Crippen molar-refractivity contribution in [3.8, 4) is 0 Å². The van der Waals surface area contributed by atoms with Gasteiger partial charge in [-0.3, -0.25) is 4.79 Å². The van der Waals surface area contributed by atoms with Crippen molar-refractivity contribution in [1.29, 1.82) is 0 Å². The number of benzene rings is 1. The summed E-state index contributed by atoms with van der Waals surface area (Å²) in [5.41, 5.74) is 1.06. The second kappa shape index (κ2) is 7.38. The molecule has 144 valence electrons. The highest BCUT2D eigenvalue weighted by atomic mass is 19.1. The predicted molar refractivity (Wildman–Crippen MR) is 98.3 cm³/mol. The first kappa shape index (κ1) is 18.1. The van der Waals surface area contributed by atoms with Crippen LogP contribution in [0.2, 0.25) is 0 Å². The van der Waals surface area contributed by atoms with Gasteiger partial charge in [0.05, 0.1) is 6.20 Å². The number of nitrogens with one attached hydrogen (secondary N) is 1. The molecule has 0 spiro atoms. The Morgan fingerprint density at radius 3 is 2.89 bits per heavy atom. The number of nitrogens with zero attached hydrogens (tertiary/aromatic N) is 3. The lowest BCUT2D eigenvalue weighted by Gasteiger charge is -2.21. The molecule has 0 saturated carbocycles. The van der Waals surface area contributed by atoms with E-state index in [1.807, 2.05) is 0 Å². The molecule has 0 unspecified atom stereocenters. The highest BCUT2D eigenvalue weighted by Crippen LogP contribution is 2.32. The Balaban J connectivity index is 1.53. The van der Waals surface area contributed by atoms with Crippen molar-refractivity contribution in [2.45, 2.75) is 32.2 Å². The number of likely N-dealkylation sites (tertiary alicyclic amines) is 1. The molecule has 1 fully saturated rings. The summed E-state index contributed by atoms with van der Waals surface area (Å²) in [6, 6.07) is 7.47. The number of hydrogen-bond donors (Lipinski definition) is 1. The van der Waals surface area contributed by atoms with Crippen LogP contribution >= 0.6 is 0 Å². The first-order chi connectivity index (χ1) is 13.5. The molecule has 1 N–H and O–H groups in total. The lowest BCUT2D eigenvalue weighted by atomic mass is 10.1. The van der Waals surface area contributed by atoms with E-state index in [9.17, 15) is 14.0 Å². The molecule has 28 heavy (non-hydrogen) atoms. The van der Waals surface area contributed by atoms with E-state index in [1.54, 1.807) is 36.2 Å². The SMILES string of the molecule is Cc1cc(C(=O)N2CCC[C@@H]2c2ncc(Cc3ccc(F)cc3)o2)nc(=O)[nH]1. The van der Waals surface area contributed by atoms with Crippen molar-refractivity contribution >= 4 is 5.91 Å². The molecule has 1 aliphatic rings. The number of rotatable bonds is 4. The normalized spacial score (nSPS) is 16.5. The number of H-pyrrole nitrogens is 1. The Morgan fingerprint density at radius 2 is 2.14 bits per heavy atom. The van der Waals surface area contributed by atoms with E-state index in [0.717, 1.165) is 18.4 Å². The molecule has 2 aromatic heterocycles. The first-order valence-electron chi connectivity index (χ1n) is 9.07. The standard InChI is InChI=1S/C20H19FN4O3/c1-12-9-16(24-20(27)23-12)19(26)25-8-2-3-17(25)18-22-11-15(28-18)10-13-4-6-14(21)7-5-13/h4-7,9,11,17H,2-3,8,10H2,1H3,(H,23,24,27)/t17-/m1/s1. The van der Waals surface area contributed by atoms with Crippen LogP contribution in [0, 0.1) is 12.7 Å². The zero-order chi connectivity index (χ0) is 19.7. The highest BCUT2D eigenvalue weighted by molar-refractivity contribution is 5.92. The van der Waals surface area contributed by atoms with Crippen molar-refractivity contribution in [3.63, 3.8) is 0 Å². The first-order valence-corrected chi connectivity index (χ1v) is 9.07. The van der Waals surface area contributed by atoms with Gasteiger partial charge in [0.15, 0.2) is 0 Å². The van der Waals surface area contributed by atoms with Crippen LogP contribution in [0.25, 0.3) is 0 Å². The number of carbonyl (C=O) groups is 1. The van der Waals surface area contributed by atoms with Gasteiger partial charge in [0, 0.05) is 18.7 Å². The molecule has 1 amide bonds. The number of oxazole rings is 1. The smallest absolute Gasteiger partial charge is 0.345 e. The van der Waals surface area contributed by atoms with E-state index in [2.05, 4.69) is 15.0 Å². The van der Waals surface area contributed by atoms with E-state index >= 15 is 0 Å². The minimum absolute atomic E-state index is 0.117. The zero-order valence-corrected chi connectivity index (χ0v) is 15.3. The van der Waals surface area contributed by atoms with E-state index in [-0.39, 0.29) is 23.5 Å². The number of aromatic nitrogens is 3. The van der Waals surface area contributed by atoms with Gasteiger partial charge in [-0.15, -0.1) is 0 Å². The molecule has 1 saturated heterocycles. The van der Waals surface area contributed by atoms with Gasteiger partial charge in [0.25, 0.3) is 5.91 Å². The van der Waals surface area contributed by atoms with E-state index < -0.39 is 5.69 Å². The minimum Gasteiger partial charge on any atom is -0.443 e. The van der Waals surface area contributed by atoms with Gasteiger partial charge >= 0.3 is 5.69 Å². The van der Waals surface area contributed by atoms with Gasteiger partial charge in [-0.25, -0.2) is 14.2 Å². The fourth-order valence-electron chi connectivity index (χ4n) is 3.46. The summed E-state index contributed by atoms with van der Waals surface area (Å²) in [5, 5.41) is 0. The summed E-state index contributed by atoms with van der Waals surface area (Å²) in [6.07, 6.45) is 3.66. The predicted octanol–water partition coefficient (Wildman–Crippen LogP) is 2.77. The molecular weight excluding hydrogens is 363 g/mol. The molecule has 1 atom stereocenters. The Hall–Kier alpha value is -3.29. The molecule has 1 aromatic carbocycles. The van der Waals surface area contributed by atoms with Crippen molar-refractivity contribution < 1.29 is 13.6 Å². The van der Waals surface area contributed by atoms with E-state index in [1.165, 1.54) is 12.1 Å². The Labute approximate surface area is 160 Å². The summed E-state index contributed by atoms with van der Waals surface area (Å²) in [5.74, 6) is 0.510. The van der Waals surface area contributed by atoms with Gasteiger partial charge in [-0.2, -0.15) is 4.98 Å². The number of carbonyl (C=O) groups excluding carboxylic acids is 1. The van der Waals surface area contributed by atoms with Crippen LogP contribution in [-0.2, 0) is 6.42 Å². The lowest BCUT2D eigenvalue weighted by Crippen LogP contribution is -2.33. The maximum atomic E-state index is 13.0. The fourth-order valence-corrected chi connectivity index (χ4v) is 3.46. The zero-order valence-electron chi connectivity index (χ0n) is 15.3. The van der Waals surface area contributed by atoms with Crippen LogP contribution in [0.1, 0.15) is 52.3 Å². The van der Waals surface area contributed by atoms with Gasteiger partial charge in [-0.1, -0.05) is 12.1 Å². The Bertz CT molecular complexity index is 1060. The summed E-state index contributed by atoms with van der Waals surface area (Å²) in [6.45, 7) is 2.25. The van der Waals surface area contributed by atoms with E-state index in [4.69, 9.17) is 4.42 Å². The van der Waals surface area contributed by atoms with Crippen molar-refractivity contribution in [1.82, 2.24) is 19.9 Å². The summed E-state index contributed by atoms with van der Waals surface area (Å²) < 4.78 is 18.9. The molecule has 0 radical (unpaired) electrons. The average Bonchev–Trinajstić information content (AvgIpc) is 3.31. The monoisotopic (exact) mass is 382 g/mol.